The van der Waals surface area contributed by atoms with Crippen LogP contribution < -0.4 is 5.32 Å². The van der Waals surface area contributed by atoms with Crippen LogP contribution in [0.25, 0.3) is 0 Å². The molecule has 1 atom stereocenters. The van der Waals surface area contributed by atoms with Crippen LogP contribution in [0.1, 0.15) is 37.8 Å². The quantitative estimate of drug-likeness (QED) is 0.664. The number of benzene rings is 2. The highest BCUT2D eigenvalue weighted by atomic mass is 19.1. The number of halogens is 2. The van der Waals surface area contributed by atoms with Crippen molar-refractivity contribution in [1.29, 1.82) is 0 Å². The largest absolute Gasteiger partial charge is 0.354 e. The molecule has 0 aliphatic rings. The minimum absolute atomic E-state index is 0.135. The van der Waals surface area contributed by atoms with E-state index in [1.807, 2.05) is 6.92 Å². The maximum absolute atomic E-state index is 14.0. The number of amides is 2. The van der Waals surface area contributed by atoms with Crippen LogP contribution in [-0.2, 0) is 22.6 Å². The second-order valence-electron chi connectivity index (χ2n) is 6.74. The van der Waals surface area contributed by atoms with Crippen molar-refractivity contribution >= 4 is 11.8 Å². The summed E-state index contributed by atoms with van der Waals surface area (Å²) in [6.45, 7) is 4.33. The molecule has 0 aromatic heterocycles. The lowest BCUT2D eigenvalue weighted by atomic mass is 10.1. The zero-order valence-electron chi connectivity index (χ0n) is 16.3. The molecule has 2 aromatic carbocycles. The molecule has 0 aliphatic heterocycles. The van der Waals surface area contributed by atoms with Crippen LogP contribution in [-0.4, -0.2) is 29.3 Å². The predicted molar refractivity (Wildman–Crippen MR) is 104 cm³/mol. The average Bonchev–Trinajstić information content (AvgIpc) is 2.68. The molecular formula is C22H26F2N2O2. The van der Waals surface area contributed by atoms with Crippen LogP contribution in [0, 0.1) is 11.6 Å². The molecule has 0 saturated carbocycles. The summed E-state index contributed by atoms with van der Waals surface area (Å²) in [5.41, 5.74) is 0.965. The van der Waals surface area contributed by atoms with Gasteiger partial charge in [0.05, 0.1) is 6.42 Å². The first-order valence-electron chi connectivity index (χ1n) is 9.47. The fourth-order valence-corrected chi connectivity index (χ4v) is 2.81. The Hall–Kier alpha value is -2.76. The topological polar surface area (TPSA) is 49.4 Å². The van der Waals surface area contributed by atoms with Crippen molar-refractivity contribution < 1.29 is 18.4 Å². The lowest BCUT2D eigenvalue weighted by Crippen LogP contribution is -2.48. The molecule has 2 aromatic rings. The number of carbonyl (C=O) groups is 2. The molecular weight excluding hydrogens is 362 g/mol. The summed E-state index contributed by atoms with van der Waals surface area (Å²) in [6.07, 6.45) is 1.64. The first kappa shape index (κ1) is 21.5. The van der Waals surface area contributed by atoms with E-state index in [1.54, 1.807) is 37.3 Å². The third-order valence-electron chi connectivity index (χ3n) is 4.56. The number of nitrogens with zero attached hydrogens (tertiary/aromatic N) is 1. The molecule has 2 rings (SSSR count). The smallest absolute Gasteiger partial charge is 0.242 e. The monoisotopic (exact) mass is 388 g/mol. The molecule has 4 nitrogen and oxygen atoms in total. The fraction of sp³-hybridized carbons (Fsp3) is 0.364. The summed E-state index contributed by atoms with van der Waals surface area (Å²) in [7, 11) is 0. The highest BCUT2D eigenvalue weighted by molar-refractivity contribution is 5.88. The average molecular weight is 388 g/mol. The zero-order chi connectivity index (χ0) is 20.5. The second kappa shape index (κ2) is 10.5. The Bertz CT molecular complexity index is 793. The Morgan fingerprint density at radius 3 is 2.39 bits per heavy atom. The molecule has 1 N–H and O–H groups in total. The van der Waals surface area contributed by atoms with E-state index in [1.165, 1.54) is 23.1 Å². The molecule has 2 amide bonds. The van der Waals surface area contributed by atoms with Crippen LogP contribution in [0.2, 0.25) is 0 Å². The molecule has 0 saturated heterocycles. The van der Waals surface area contributed by atoms with Crippen LogP contribution >= 0.6 is 0 Å². The van der Waals surface area contributed by atoms with E-state index in [-0.39, 0.29) is 36.2 Å². The summed E-state index contributed by atoms with van der Waals surface area (Å²) >= 11 is 0. The van der Waals surface area contributed by atoms with Gasteiger partial charge in [-0.15, -0.1) is 0 Å². The Morgan fingerprint density at radius 2 is 1.75 bits per heavy atom. The van der Waals surface area contributed by atoms with E-state index < -0.39 is 11.9 Å². The van der Waals surface area contributed by atoms with Gasteiger partial charge in [0.1, 0.15) is 17.7 Å². The molecule has 6 heteroatoms. The molecule has 0 spiro atoms. The van der Waals surface area contributed by atoms with Gasteiger partial charge >= 0.3 is 0 Å². The van der Waals surface area contributed by atoms with Crippen LogP contribution in [0.4, 0.5) is 8.78 Å². The number of hydrogen-bond acceptors (Lipinski definition) is 2. The molecule has 0 aliphatic carbocycles. The Balaban J connectivity index is 2.18. The van der Waals surface area contributed by atoms with Gasteiger partial charge in [0, 0.05) is 13.1 Å². The lowest BCUT2D eigenvalue weighted by Gasteiger charge is -2.29. The van der Waals surface area contributed by atoms with Crippen LogP contribution in [0.5, 0.6) is 0 Å². The highest BCUT2D eigenvalue weighted by Gasteiger charge is 2.26. The third-order valence-corrected chi connectivity index (χ3v) is 4.56. The fourth-order valence-electron chi connectivity index (χ4n) is 2.81. The summed E-state index contributed by atoms with van der Waals surface area (Å²) in [5.74, 6) is -1.47. The third kappa shape index (κ3) is 6.15. The first-order chi connectivity index (χ1) is 13.4. The molecule has 0 bridgehead atoms. The van der Waals surface area contributed by atoms with E-state index in [2.05, 4.69) is 5.32 Å². The lowest BCUT2D eigenvalue weighted by molar-refractivity contribution is -0.140. The van der Waals surface area contributed by atoms with E-state index in [4.69, 9.17) is 0 Å². The van der Waals surface area contributed by atoms with E-state index in [9.17, 15) is 18.4 Å². The SMILES string of the molecule is CCCCNC(=O)C(C)N(Cc1ccc(F)cc1)C(=O)Cc1ccccc1F. The van der Waals surface area contributed by atoms with Gasteiger partial charge < -0.3 is 10.2 Å². The van der Waals surface area contributed by atoms with Gasteiger partial charge in [-0.05, 0) is 42.7 Å². The minimum atomic E-state index is -0.735. The van der Waals surface area contributed by atoms with Gasteiger partial charge in [-0.3, -0.25) is 9.59 Å². The molecule has 0 fully saturated rings. The van der Waals surface area contributed by atoms with Crippen molar-refractivity contribution in [1.82, 2.24) is 10.2 Å². The van der Waals surface area contributed by atoms with Crippen LogP contribution in [0.15, 0.2) is 48.5 Å². The van der Waals surface area contributed by atoms with Gasteiger partial charge in [-0.2, -0.15) is 0 Å². The van der Waals surface area contributed by atoms with Crippen molar-refractivity contribution in [2.24, 2.45) is 0 Å². The Morgan fingerprint density at radius 1 is 1.07 bits per heavy atom. The minimum Gasteiger partial charge on any atom is -0.354 e. The molecule has 0 heterocycles. The standard InChI is InChI=1S/C22H26F2N2O2/c1-3-4-13-25-22(28)16(2)26(15-17-9-11-19(23)12-10-17)21(27)14-18-7-5-6-8-20(18)24/h5-12,16H,3-4,13-15H2,1-2H3,(H,25,28). The molecule has 28 heavy (non-hydrogen) atoms. The van der Waals surface area contributed by atoms with Gasteiger partial charge in [-0.1, -0.05) is 43.7 Å². The van der Waals surface area contributed by atoms with E-state index >= 15 is 0 Å². The number of unbranched alkanes of at least 4 members (excludes halogenated alkanes) is 1. The van der Waals surface area contributed by atoms with Gasteiger partial charge in [0.15, 0.2) is 0 Å². The van der Waals surface area contributed by atoms with Crippen LogP contribution in [0.3, 0.4) is 0 Å². The van der Waals surface area contributed by atoms with Crippen molar-refractivity contribution in [3.63, 3.8) is 0 Å². The number of carbonyl (C=O) groups excluding carboxylic acids is 2. The van der Waals surface area contributed by atoms with Crippen molar-refractivity contribution in [2.75, 3.05) is 6.54 Å². The summed E-state index contributed by atoms with van der Waals surface area (Å²) < 4.78 is 27.1. The number of hydrogen-bond donors (Lipinski definition) is 1. The zero-order valence-corrected chi connectivity index (χ0v) is 16.3. The van der Waals surface area contributed by atoms with E-state index in [0.29, 0.717) is 12.1 Å². The van der Waals surface area contributed by atoms with Gasteiger partial charge in [0.25, 0.3) is 0 Å². The molecule has 0 radical (unpaired) electrons. The summed E-state index contributed by atoms with van der Waals surface area (Å²) in [5, 5.41) is 2.82. The normalized spacial score (nSPS) is 11.7. The predicted octanol–water partition coefficient (Wildman–Crippen LogP) is 3.84. The number of rotatable bonds is 9. The maximum Gasteiger partial charge on any atom is 0.242 e. The van der Waals surface area contributed by atoms with Crippen molar-refractivity contribution in [2.45, 2.75) is 45.7 Å². The molecule has 150 valence electrons. The van der Waals surface area contributed by atoms with Gasteiger partial charge in [-0.25, -0.2) is 8.78 Å². The van der Waals surface area contributed by atoms with Crippen molar-refractivity contribution in [3.8, 4) is 0 Å². The maximum atomic E-state index is 14.0. The number of nitrogens with one attached hydrogen (secondary N) is 1. The first-order valence-corrected chi connectivity index (χ1v) is 9.47. The Labute approximate surface area is 164 Å². The summed E-state index contributed by atoms with van der Waals surface area (Å²) in [6, 6.07) is 11.1. The van der Waals surface area contributed by atoms with E-state index in [0.717, 1.165) is 12.8 Å². The molecule has 1 unspecified atom stereocenters. The summed E-state index contributed by atoms with van der Waals surface area (Å²) in [4.78, 5) is 26.8. The Kier molecular flexibility index (Phi) is 8.11. The second-order valence-corrected chi connectivity index (χ2v) is 6.74. The highest BCUT2D eigenvalue weighted by Crippen LogP contribution is 2.15. The van der Waals surface area contributed by atoms with Crippen molar-refractivity contribution in [3.05, 3.63) is 71.3 Å². The van der Waals surface area contributed by atoms with Gasteiger partial charge in [0.2, 0.25) is 11.8 Å².